The maximum Gasteiger partial charge on any atom is 0.249 e. The second-order valence-corrected chi connectivity index (χ2v) is 13.0. The Morgan fingerprint density at radius 3 is 2.37 bits per heavy atom. The Hall–Kier alpha value is -2.97. The molecular formula is C33H47N3O5. The molecule has 4 rings (SSSR count). The number of hydrogen-bond donors (Lipinski definition) is 1. The lowest BCUT2D eigenvalue weighted by atomic mass is 9.66. The van der Waals surface area contributed by atoms with Crippen LogP contribution in [0, 0.1) is 11.8 Å². The van der Waals surface area contributed by atoms with Crippen LogP contribution in [0.15, 0.2) is 55.6 Å². The highest BCUT2D eigenvalue weighted by Crippen LogP contribution is 2.64. The minimum absolute atomic E-state index is 0.135. The molecule has 0 saturated carbocycles. The van der Waals surface area contributed by atoms with Crippen molar-refractivity contribution in [2.24, 2.45) is 11.8 Å². The van der Waals surface area contributed by atoms with E-state index in [-0.39, 0.29) is 24.3 Å². The first kappa shape index (κ1) is 31.0. The monoisotopic (exact) mass is 565 g/mol. The second kappa shape index (κ2) is 11.7. The van der Waals surface area contributed by atoms with E-state index in [1.54, 1.807) is 26.9 Å². The zero-order chi connectivity index (χ0) is 30.2. The first-order valence-corrected chi connectivity index (χ1v) is 14.9. The summed E-state index contributed by atoms with van der Waals surface area (Å²) in [6, 6.07) is 8.02. The van der Waals surface area contributed by atoms with Gasteiger partial charge in [0, 0.05) is 25.2 Å². The van der Waals surface area contributed by atoms with Gasteiger partial charge < -0.3 is 24.5 Å². The van der Waals surface area contributed by atoms with Crippen LogP contribution in [0.25, 0.3) is 0 Å². The summed E-state index contributed by atoms with van der Waals surface area (Å²) < 4.78 is 6.84. The number of carbonyl (C=O) groups is 3. The van der Waals surface area contributed by atoms with Gasteiger partial charge in [0.2, 0.25) is 17.7 Å². The number of amides is 3. The van der Waals surface area contributed by atoms with Crippen LogP contribution in [0.5, 0.6) is 0 Å². The van der Waals surface area contributed by atoms with Gasteiger partial charge in [-0.25, -0.2) is 0 Å². The highest BCUT2D eigenvalue weighted by atomic mass is 16.5. The van der Waals surface area contributed by atoms with E-state index in [1.165, 1.54) is 0 Å². The van der Waals surface area contributed by atoms with Crippen molar-refractivity contribution in [3.05, 3.63) is 61.2 Å². The number of ether oxygens (including phenoxy) is 1. The van der Waals surface area contributed by atoms with Gasteiger partial charge in [-0.2, -0.15) is 0 Å². The summed E-state index contributed by atoms with van der Waals surface area (Å²) in [5.74, 6) is -2.21. The van der Waals surface area contributed by atoms with Crippen LogP contribution >= 0.6 is 0 Å². The fraction of sp³-hybridized carbons (Fsp3) is 0.606. The summed E-state index contributed by atoms with van der Waals surface area (Å²) in [6.45, 7) is 18.4. The molecule has 1 aromatic carbocycles. The van der Waals surface area contributed by atoms with Crippen molar-refractivity contribution in [2.75, 3.05) is 26.2 Å². The third-order valence-electron chi connectivity index (χ3n) is 9.17. The van der Waals surface area contributed by atoms with Gasteiger partial charge in [-0.1, -0.05) is 49.4 Å². The Labute approximate surface area is 245 Å². The van der Waals surface area contributed by atoms with Gasteiger partial charge in [0.15, 0.2) is 0 Å². The zero-order valence-electron chi connectivity index (χ0n) is 25.3. The number of rotatable bonds is 12. The summed E-state index contributed by atoms with van der Waals surface area (Å²) in [4.78, 5) is 48.6. The van der Waals surface area contributed by atoms with Gasteiger partial charge >= 0.3 is 0 Å². The maximum absolute atomic E-state index is 14.7. The topological polar surface area (TPSA) is 90.4 Å². The van der Waals surface area contributed by atoms with Gasteiger partial charge in [-0.3, -0.25) is 14.4 Å². The third kappa shape index (κ3) is 5.25. The number of fused-ring (bicyclic) bond motifs is 1. The highest BCUT2D eigenvalue weighted by Gasteiger charge is 2.79. The van der Waals surface area contributed by atoms with Crippen LogP contribution in [-0.4, -0.2) is 92.6 Å². The van der Waals surface area contributed by atoms with E-state index in [1.807, 2.05) is 65.0 Å². The lowest BCUT2D eigenvalue weighted by Gasteiger charge is -2.43. The first-order valence-electron chi connectivity index (χ1n) is 14.9. The molecule has 3 aliphatic heterocycles. The fourth-order valence-electron chi connectivity index (χ4n) is 7.43. The fourth-order valence-corrected chi connectivity index (χ4v) is 7.43. The minimum atomic E-state index is -1.16. The Balaban J connectivity index is 1.85. The summed E-state index contributed by atoms with van der Waals surface area (Å²) >= 11 is 0. The lowest BCUT2D eigenvalue weighted by Crippen LogP contribution is -2.62. The van der Waals surface area contributed by atoms with Crippen LogP contribution in [-0.2, 0) is 25.5 Å². The molecule has 3 heterocycles. The number of nitrogens with zero attached hydrogens (tertiary/aromatic N) is 3. The van der Waals surface area contributed by atoms with E-state index in [4.69, 9.17) is 4.74 Å². The molecule has 3 aliphatic rings. The Morgan fingerprint density at radius 1 is 1.15 bits per heavy atom. The molecule has 6 atom stereocenters. The van der Waals surface area contributed by atoms with E-state index in [0.717, 1.165) is 12.0 Å². The molecule has 0 aliphatic carbocycles. The van der Waals surface area contributed by atoms with Crippen LogP contribution in [0.4, 0.5) is 0 Å². The van der Waals surface area contributed by atoms with Gasteiger partial charge in [0.05, 0.1) is 30.1 Å². The maximum atomic E-state index is 14.7. The summed E-state index contributed by atoms with van der Waals surface area (Å²) in [5.41, 5.74) is -1.64. The number of aliphatic hydroxyl groups excluding tert-OH is 1. The van der Waals surface area contributed by atoms with Gasteiger partial charge in [0.1, 0.15) is 11.6 Å². The van der Waals surface area contributed by atoms with Crippen molar-refractivity contribution < 1.29 is 24.2 Å². The minimum Gasteiger partial charge on any atom is -0.394 e. The van der Waals surface area contributed by atoms with Crippen LogP contribution in [0.2, 0.25) is 0 Å². The van der Waals surface area contributed by atoms with Crippen LogP contribution in [0.3, 0.4) is 0 Å². The second-order valence-electron chi connectivity index (χ2n) is 13.0. The van der Waals surface area contributed by atoms with Crippen molar-refractivity contribution >= 4 is 17.7 Å². The average Bonchev–Trinajstić information content (AvgIpc) is 3.50. The largest absolute Gasteiger partial charge is 0.394 e. The van der Waals surface area contributed by atoms with Crippen LogP contribution in [0.1, 0.15) is 59.4 Å². The van der Waals surface area contributed by atoms with E-state index in [0.29, 0.717) is 38.9 Å². The Bertz CT molecular complexity index is 1160. The molecule has 1 N–H and O–H groups in total. The summed E-state index contributed by atoms with van der Waals surface area (Å²) in [5, 5.41) is 10.7. The number of carbonyl (C=O) groups excluding carboxylic acids is 3. The molecular weight excluding hydrogens is 518 g/mol. The average molecular weight is 566 g/mol. The third-order valence-corrected chi connectivity index (χ3v) is 9.17. The quantitative estimate of drug-likeness (QED) is 0.391. The van der Waals surface area contributed by atoms with Gasteiger partial charge in [-0.05, 0) is 58.9 Å². The standard InChI is InChI=1S/C33H47N3O5/c1-8-18-34(19-9-2)28(38)25-26-29(39)36(24(22-37)21-23-14-12-11-13-15-23)27(33(26)17-16-32(25,7)41-33)30(40)35(20-10-3)31(4,5)6/h8,10-15,24-27,37H,1,3,9,16-22H2,2,4-7H3/t24-,25+,26+,27?,32-,33?/m1/s1. The molecule has 1 spiro atoms. The molecule has 0 aromatic heterocycles. The number of aliphatic hydroxyl groups is 1. The van der Waals surface area contributed by atoms with Crippen molar-refractivity contribution in [2.45, 2.75) is 89.1 Å². The molecule has 41 heavy (non-hydrogen) atoms. The molecule has 2 unspecified atom stereocenters. The van der Waals surface area contributed by atoms with Crippen LogP contribution < -0.4 is 0 Å². The SMILES string of the molecule is C=CCN(CCC)C(=O)[C@@H]1[C@H]2C(=O)N([C@@H](CO)Cc3ccccc3)C(C(=O)N(CC=C)C(C)(C)C)C23CC[C@@]1(C)O3. The Morgan fingerprint density at radius 2 is 1.80 bits per heavy atom. The molecule has 3 amide bonds. The first-order chi connectivity index (χ1) is 19.4. The smallest absolute Gasteiger partial charge is 0.249 e. The van der Waals surface area contributed by atoms with E-state index < -0.39 is 40.7 Å². The molecule has 3 saturated heterocycles. The molecule has 224 valence electrons. The molecule has 8 nitrogen and oxygen atoms in total. The zero-order valence-corrected chi connectivity index (χ0v) is 25.3. The van der Waals surface area contributed by atoms with E-state index in [9.17, 15) is 19.5 Å². The molecule has 8 heteroatoms. The number of benzene rings is 1. The number of likely N-dealkylation sites (tertiary alicyclic amines) is 1. The number of hydrogen-bond acceptors (Lipinski definition) is 5. The summed E-state index contributed by atoms with van der Waals surface area (Å²) in [7, 11) is 0. The van der Waals surface area contributed by atoms with Crippen molar-refractivity contribution in [1.29, 1.82) is 0 Å². The van der Waals surface area contributed by atoms with Gasteiger partial charge in [-0.15, -0.1) is 13.2 Å². The summed E-state index contributed by atoms with van der Waals surface area (Å²) in [6.07, 6.45) is 5.59. The van der Waals surface area contributed by atoms with Crippen molar-refractivity contribution in [3.63, 3.8) is 0 Å². The molecule has 1 aromatic rings. The molecule has 2 bridgehead atoms. The van der Waals surface area contributed by atoms with Gasteiger partial charge in [0.25, 0.3) is 0 Å². The van der Waals surface area contributed by atoms with Crippen molar-refractivity contribution in [1.82, 2.24) is 14.7 Å². The predicted molar refractivity (Wildman–Crippen MR) is 159 cm³/mol. The molecule has 0 radical (unpaired) electrons. The van der Waals surface area contributed by atoms with E-state index in [2.05, 4.69) is 13.2 Å². The Kier molecular flexibility index (Phi) is 8.86. The predicted octanol–water partition coefficient (Wildman–Crippen LogP) is 3.59. The normalized spacial score (nSPS) is 29.3. The lowest BCUT2D eigenvalue weighted by molar-refractivity contribution is -0.158. The molecule has 3 fully saturated rings. The van der Waals surface area contributed by atoms with E-state index >= 15 is 0 Å². The van der Waals surface area contributed by atoms with Crippen molar-refractivity contribution in [3.8, 4) is 0 Å². The highest BCUT2D eigenvalue weighted by molar-refractivity contribution is 5.99.